The van der Waals surface area contributed by atoms with Gasteiger partial charge in [-0.3, -0.25) is 10.2 Å². The number of likely N-dealkylation sites (N-methyl/N-ethyl adjacent to an activating group) is 1. The molecule has 2 aromatic carbocycles. The predicted molar refractivity (Wildman–Crippen MR) is 217 cm³/mol. The summed E-state index contributed by atoms with van der Waals surface area (Å²) in [5.74, 6) is -0.551. The number of carbonyl (C=O) groups is 1. The number of thiol groups is 1. The lowest BCUT2D eigenvalue weighted by Crippen LogP contribution is -2.39. The Hall–Kier alpha value is -4.09. The van der Waals surface area contributed by atoms with E-state index in [-0.39, 0.29) is 17.2 Å². The summed E-state index contributed by atoms with van der Waals surface area (Å²) in [5.41, 5.74) is 12.6. The molecule has 1 amide bonds. The Morgan fingerprint density at radius 3 is 2.19 bits per heavy atom. The van der Waals surface area contributed by atoms with E-state index >= 15 is 4.39 Å². The van der Waals surface area contributed by atoms with Crippen LogP contribution in [-0.4, -0.2) is 30.7 Å². The molecule has 1 aliphatic rings. The lowest BCUT2D eigenvalue weighted by Gasteiger charge is -2.33. The lowest BCUT2D eigenvalue weighted by molar-refractivity contribution is -0.113. The summed E-state index contributed by atoms with van der Waals surface area (Å²) in [6, 6.07) is 10.3. The van der Waals surface area contributed by atoms with Gasteiger partial charge in [0.15, 0.2) is 0 Å². The van der Waals surface area contributed by atoms with E-state index in [2.05, 4.69) is 24.5 Å². The Kier molecular flexibility index (Phi) is 21.6. The zero-order valence-corrected chi connectivity index (χ0v) is 33.1. The molecule has 1 fully saturated rings. The van der Waals surface area contributed by atoms with Gasteiger partial charge in [-0.15, -0.1) is 0 Å². The number of hydrogen-bond acceptors (Lipinski definition) is 5. The van der Waals surface area contributed by atoms with Crippen LogP contribution in [0.3, 0.4) is 0 Å². The minimum atomic E-state index is -4.82. The molecule has 1 atom stereocenters. The van der Waals surface area contributed by atoms with Crippen molar-refractivity contribution < 1.29 is 22.4 Å². The van der Waals surface area contributed by atoms with Gasteiger partial charge in [-0.25, -0.2) is 4.39 Å². The summed E-state index contributed by atoms with van der Waals surface area (Å²) in [4.78, 5) is 14.8. The van der Waals surface area contributed by atoms with Gasteiger partial charge in [0.25, 0.3) is 5.91 Å². The van der Waals surface area contributed by atoms with Gasteiger partial charge >= 0.3 is 6.18 Å². The van der Waals surface area contributed by atoms with Crippen LogP contribution in [0.1, 0.15) is 92.2 Å². The first-order valence-electron chi connectivity index (χ1n) is 17.6. The van der Waals surface area contributed by atoms with Crippen molar-refractivity contribution in [1.29, 1.82) is 5.41 Å². The number of nitrogens with two attached hydrogens (primary N) is 2. The van der Waals surface area contributed by atoms with Crippen LogP contribution >= 0.6 is 12.6 Å². The fourth-order valence-corrected chi connectivity index (χ4v) is 4.80. The Balaban J connectivity index is 0.00000347. The number of allylic oxidation sites excluding steroid dienone is 6. The number of amidine groups is 1. The first-order chi connectivity index (χ1) is 24.5. The average molecular weight is 746 g/mol. The van der Waals surface area contributed by atoms with Gasteiger partial charge in [0.2, 0.25) is 0 Å². The fraction of sp³-hybridized carbons (Fsp3) is 0.415. The average Bonchev–Trinajstić information content (AvgIpc) is 3.95. The second-order valence-corrected chi connectivity index (χ2v) is 12.5. The van der Waals surface area contributed by atoms with Crippen LogP contribution in [0.5, 0.6) is 0 Å². The monoisotopic (exact) mass is 745 g/mol. The maximum absolute atomic E-state index is 15.3. The van der Waals surface area contributed by atoms with Gasteiger partial charge < -0.3 is 21.7 Å². The third kappa shape index (κ3) is 15.3. The van der Waals surface area contributed by atoms with E-state index in [9.17, 15) is 18.0 Å². The molecular formula is C41H59F4N5OS. The van der Waals surface area contributed by atoms with E-state index in [1.165, 1.54) is 36.2 Å². The Morgan fingerprint density at radius 1 is 1.10 bits per heavy atom. The van der Waals surface area contributed by atoms with Crippen LogP contribution in [0.25, 0.3) is 0 Å². The number of nitrogens with zero attached hydrogens (tertiary/aromatic N) is 1. The molecule has 1 unspecified atom stereocenters. The summed E-state index contributed by atoms with van der Waals surface area (Å²) in [6.07, 6.45) is 7.08. The molecule has 0 bridgehead atoms. The third-order valence-corrected chi connectivity index (χ3v) is 7.61. The number of carbonyl (C=O) groups excluding carboxylic acids is 1. The minimum Gasteiger partial charge on any atom is -0.384 e. The summed E-state index contributed by atoms with van der Waals surface area (Å²) in [7, 11) is 1.38. The fourth-order valence-electron chi connectivity index (χ4n) is 4.80. The molecule has 1 saturated carbocycles. The molecule has 6 nitrogen and oxygen atoms in total. The van der Waals surface area contributed by atoms with Crippen LogP contribution in [0.15, 0.2) is 102 Å². The van der Waals surface area contributed by atoms with Gasteiger partial charge in [0, 0.05) is 18.3 Å². The van der Waals surface area contributed by atoms with Crippen LogP contribution in [-0.2, 0) is 10.3 Å². The second-order valence-electron chi connectivity index (χ2n) is 11.9. The highest BCUT2D eigenvalue weighted by molar-refractivity contribution is 7.80. The van der Waals surface area contributed by atoms with Gasteiger partial charge in [-0.2, -0.15) is 25.8 Å². The molecule has 0 aromatic heterocycles. The molecule has 0 radical (unpaired) electrons. The van der Waals surface area contributed by atoms with Crippen molar-refractivity contribution in [2.45, 2.75) is 92.8 Å². The zero-order valence-electron chi connectivity index (χ0n) is 32.2. The van der Waals surface area contributed by atoms with E-state index in [0.717, 1.165) is 36.2 Å². The number of rotatable bonds is 13. The van der Waals surface area contributed by atoms with Crippen molar-refractivity contribution in [2.75, 3.05) is 23.0 Å². The molecule has 11 heteroatoms. The molecular weight excluding hydrogens is 687 g/mol. The molecule has 0 aliphatic heterocycles. The van der Waals surface area contributed by atoms with Crippen LogP contribution < -0.4 is 21.7 Å². The van der Waals surface area contributed by atoms with Gasteiger partial charge in [0.05, 0.1) is 16.8 Å². The Morgan fingerprint density at radius 2 is 1.69 bits per heavy atom. The summed E-state index contributed by atoms with van der Waals surface area (Å²) in [5, 5.41) is 10.2. The van der Waals surface area contributed by atoms with Gasteiger partial charge in [-0.1, -0.05) is 102 Å². The maximum atomic E-state index is 15.3. The molecule has 288 valence electrons. The summed E-state index contributed by atoms with van der Waals surface area (Å²) < 4.78 is 55.9. The Labute approximate surface area is 314 Å². The SMILES string of the molecule is C=C(/C=C(/C(=O)Nc1cc(C(N)(CCC2CC2)/C(C=C(C)C)=C/C=C\C)ccc1F)N(C)c1cccc(C(=N)N)c1)C(F)(F)F.CC.CC.CCS. The number of alkyl halides is 3. The highest BCUT2D eigenvalue weighted by Crippen LogP contribution is 2.41. The molecule has 6 N–H and O–H groups in total. The number of amides is 1. The van der Waals surface area contributed by atoms with E-state index in [4.69, 9.17) is 16.9 Å². The van der Waals surface area contributed by atoms with Crippen molar-refractivity contribution in [2.24, 2.45) is 17.4 Å². The smallest absolute Gasteiger partial charge is 0.384 e. The normalized spacial score (nSPS) is 13.9. The highest BCUT2D eigenvalue weighted by atomic mass is 32.1. The van der Waals surface area contributed by atoms with E-state index in [1.54, 1.807) is 18.2 Å². The van der Waals surface area contributed by atoms with Crippen LogP contribution in [0.2, 0.25) is 0 Å². The van der Waals surface area contributed by atoms with Crippen molar-refractivity contribution in [3.05, 3.63) is 119 Å². The molecule has 0 spiro atoms. The number of nitrogen functional groups attached to an aromatic ring is 1. The minimum absolute atomic E-state index is 0.240. The van der Waals surface area contributed by atoms with Crippen molar-refractivity contribution >= 4 is 35.7 Å². The number of nitrogens with one attached hydrogen (secondary N) is 2. The maximum Gasteiger partial charge on any atom is 0.415 e. The van der Waals surface area contributed by atoms with Crippen molar-refractivity contribution in [3.8, 4) is 0 Å². The second kappa shape index (κ2) is 23.5. The zero-order chi connectivity index (χ0) is 40.2. The van der Waals surface area contributed by atoms with Crippen molar-refractivity contribution in [3.63, 3.8) is 0 Å². The van der Waals surface area contributed by atoms with Crippen LogP contribution in [0.4, 0.5) is 28.9 Å². The molecule has 0 heterocycles. The van der Waals surface area contributed by atoms with Gasteiger partial charge in [-0.05, 0) is 86.8 Å². The summed E-state index contributed by atoms with van der Waals surface area (Å²) >= 11 is 3.79. The number of halogens is 4. The summed E-state index contributed by atoms with van der Waals surface area (Å²) in [6.45, 7) is 18.9. The van der Waals surface area contributed by atoms with Crippen molar-refractivity contribution in [1.82, 2.24) is 0 Å². The predicted octanol–water partition coefficient (Wildman–Crippen LogP) is 11.0. The quantitative estimate of drug-likeness (QED) is 0.0351. The highest BCUT2D eigenvalue weighted by Gasteiger charge is 2.35. The molecule has 52 heavy (non-hydrogen) atoms. The number of benzene rings is 2. The first kappa shape index (κ1) is 47.9. The number of hydrogen-bond donors (Lipinski definition) is 5. The van der Waals surface area contributed by atoms with E-state index in [0.29, 0.717) is 29.5 Å². The third-order valence-electron chi connectivity index (χ3n) is 7.61. The molecule has 1 aliphatic carbocycles. The van der Waals surface area contributed by atoms with Crippen LogP contribution in [0, 0.1) is 17.1 Å². The van der Waals surface area contributed by atoms with E-state index in [1.807, 2.05) is 79.7 Å². The largest absolute Gasteiger partial charge is 0.415 e. The lowest BCUT2D eigenvalue weighted by atomic mass is 9.78. The molecule has 0 saturated heterocycles. The standard InChI is InChI=1S/C35H41F4N5O.C2H6S.2C2H6/c1-6-7-10-26(18-22(2)3)34(42,17-16-24-12-13-24)27-14-15-29(36)30(21-27)43-33(45)31(19-23(4)35(37,38)39)44(5)28-11-8-9-25(20-28)32(40)41;1-2-3;2*1-2/h6-11,14-15,18-21,24H,4,12-13,16-17,42H2,1-3,5H3,(H3,40,41)(H,43,45);3H,2H2,1H3;2*1-2H3/b7-6-,26-10+,31-19-;;;. The molecule has 2 aromatic rings. The first-order valence-corrected chi connectivity index (χ1v) is 18.3. The topological polar surface area (TPSA) is 108 Å². The Bertz CT molecular complexity index is 1590. The van der Waals surface area contributed by atoms with Gasteiger partial charge in [0.1, 0.15) is 17.3 Å². The molecule has 3 rings (SSSR count). The number of anilines is 2. The van der Waals surface area contributed by atoms with E-state index < -0.39 is 34.7 Å².